The molecule has 70 valence electrons. The normalized spacial score (nSPS) is 12.5. The standard InChI is InChI=1S/C11H14ClN/c1-3-11(13-4-2)9-7-5-6-8-10(9)12/h3,5-8,11,13H,1,4H2,2H3. The summed E-state index contributed by atoms with van der Waals surface area (Å²) in [6.45, 7) is 6.74. The molecule has 0 saturated heterocycles. The van der Waals surface area contributed by atoms with Crippen molar-refractivity contribution in [3.8, 4) is 0 Å². The molecule has 1 aromatic carbocycles. The van der Waals surface area contributed by atoms with Crippen molar-refractivity contribution in [2.75, 3.05) is 6.54 Å². The van der Waals surface area contributed by atoms with Crippen LogP contribution in [0, 0.1) is 0 Å². The first-order valence-electron chi connectivity index (χ1n) is 4.40. The van der Waals surface area contributed by atoms with Crippen LogP contribution >= 0.6 is 11.6 Å². The van der Waals surface area contributed by atoms with Gasteiger partial charge >= 0.3 is 0 Å². The van der Waals surface area contributed by atoms with Gasteiger partial charge in [0.2, 0.25) is 0 Å². The van der Waals surface area contributed by atoms with Crippen LogP contribution in [0.15, 0.2) is 36.9 Å². The molecule has 0 aliphatic rings. The second-order valence-corrected chi connectivity index (χ2v) is 3.20. The third-order valence-electron chi connectivity index (χ3n) is 1.90. The van der Waals surface area contributed by atoms with Crippen LogP contribution in [0.5, 0.6) is 0 Å². The van der Waals surface area contributed by atoms with Crippen LogP contribution in [0.2, 0.25) is 5.02 Å². The molecular formula is C11H14ClN. The lowest BCUT2D eigenvalue weighted by atomic mass is 10.1. The van der Waals surface area contributed by atoms with E-state index in [9.17, 15) is 0 Å². The molecule has 1 atom stereocenters. The first-order valence-corrected chi connectivity index (χ1v) is 4.77. The van der Waals surface area contributed by atoms with Crippen molar-refractivity contribution < 1.29 is 0 Å². The first-order chi connectivity index (χ1) is 6.29. The van der Waals surface area contributed by atoms with Crippen LogP contribution in [-0.2, 0) is 0 Å². The van der Waals surface area contributed by atoms with Gasteiger partial charge in [0.25, 0.3) is 0 Å². The molecule has 1 nitrogen and oxygen atoms in total. The molecule has 0 saturated carbocycles. The maximum Gasteiger partial charge on any atom is 0.0518 e. The number of rotatable bonds is 4. The van der Waals surface area contributed by atoms with E-state index in [4.69, 9.17) is 11.6 Å². The second-order valence-electron chi connectivity index (χ2n) is 2.79. The van der Waals surface area contributed by atoms with E-state index in [1.165, 1.54) is 0 Å². The highest BCUT2D eigenvalue weighted by atomic mass is 35.5. The molecule has 0 aliphatic heterocycles. The largest absolute Gasteiger partial charge is 0.307 e. The lowest BCUT2D eigenvalue weighted by Crippen LogP contribution is -2.18. The molecule has 1 aromatic rings. The Bertz CT molecular complexity index is 283. The maximum atomic E-state index is 6.05. The molecule has 0 fully saturated rings. The summed E-state index contributed by atoms with van der Waals surface area (Å²) in [4.78, 5) is 0. The van der Waals surface area contributed by atoms with Gasteiger partial charge in [0.1, 0.15) is 0 Å². The Labute approximate surface area is 84.4 Å². The smallest absolute Gasteiger partial charge is 0.0518 e. The number of hydrogen-bond donors (Lipinski definition) is 1. The summed E-state index contributed by atoms with van der Waals surface area (Å²) < 4.78 is 0. The number of halogens is 1. The summed E-state index contributed by atoms with van der Waals surface area (Å²) in [5.74, 6) is 0. The van der Waals surface area contributed by atoms with Crippen molar-refractivity contribution >= 4 is 11.6 Å². The van der Waals surface area contributed by atoms with Gasteiger partial charge < -0.3 is 5.32 Å². The van der Waals surface area contributed by atoms with Gasteiger partial charge in [0, 0.05) is 5.02 Å². The van der Waals surface area contributed by atoms with Gasteiger partial charge in [-0.2, -0.15) is 0 Å². The van der Waals surface area contributed by atoms with E-state index in [-0.39, 0.29) is 6.04 Å². The molecular weight excluding hydrogens is 182 g/mol. The van der Waals surface area contributed by atoms with Crippen molar-refractivity contribution in [3.63, 3.8) is 0 Å². The fourth-order valence-corrected chi connectivity index (χ4v) is 1.52. The summed E-state index contributed by atoms with van der Waals surface area (Å²) in [6, 6.07) is 7.97. The van der Waals surface area contributed by atoms with Crippen molar-refractivity contribution in [2.24, 2.45) is 0 Å². The van der Waals surface area contributed by atoms with Crippen molar-refractivity contribution in [1.29, 1.82) is 0 Å². The van der Waals surface area contributed by atoms with E-state index in [1.807, 2.05) is 30.3 Å². The Hall–Kier alpha value is -0.790. The topological polar surface area (TPSA) is 12.0 Å². The number of benzene rings is 1. The van der Waals surface area contributed by atoms with E-state index in [1.54, 1.807) is 0 Å². The minimum Gasteiger partial charge on any atom is -0.307 e. The minimum atomic E-state index is 0.152. The highest BCUT2D eigenvalue weighted by Gasteiger charge is 2.08. The monoisotopic (exact) mass is 195 g/mol. The molecule has 13 heavy (non-hydrogen) atoms. The quantitative estimate of drug-likeness (QED) is 0.728. The zero-order chi connectivity index (χ0) is 9.68. The van der Waals surface area contributed by atoms with Gasteiger partial charge in [-0.3, -0.25) is 0 Å². The molecule has 1 unspecified atom stereocenters. The number of hydrogen-bond acceptors (Lipinski definition) is 1. The van der Waals surface area contributed by atoms with Gasteiger partial charge in [-0.05, 0) is 18.2 Å². The van der Waals surface area contributed by atoms with Gasteiger partial charge in [-0.15, -0.1) is 6.58 Å². The highest BCUT2D eigenvalue weighted by molar-refractivity contribution is 6.31. The molecule has 0 aromatic heterocycles. The first kappa shape index (κ1) is 10.3. The Morgan fingerprint density at radius 1 is 1.54 bits per heavy atom. The van der Waals surface area contributed by atoms with Gasteiger partial charge in [-0.25, -0.2) is 0 Å². The fraction of sp³-hybridized carbons (Fsp3) is 0.273. The Morgan fingerprint density at radius 3 is 2.77 bits per heavy atom. The van der Waals surface area contributed by atoms with Crippen LogP contribution in [0.4, 0.5) is 0 Å². The van der Waals surface area contributed by atoms with Crippen LogP contribution in [0.3, 0.4) is 0 Å². The van der Waals surface area contributed by atoms with Gasteiger partial charge in [-0.1, -0.05) is 42.8 Å². The zero-order valence-electron chi connectivity index (χ0n) is 7.76. The SMILES string of the molecule is C=CC(NCC)c1ccccc1Cl. The van der Waals surface area contributed by atoms with E-state index < -0.39 is 0 Å². The minimum absolute atomic E-state index is 0.152. The molecule has 0 aliphatic carbocycles. The van der Waals surface area contributed by atoms with E-state index in [2.05, 4.69) is 18.8 Å². The fourth-order valence-electron chi connectivity index (χ4n) is 1.27. The average Bonchev–Trinajstić information content (AvgIpc) is 2.16. The van der Waals surface area contributed by atoms with Gasteiger partial charge in [0.05, 0.1) is 6.04 Å². The molecule has 0 amide bonds. The third kappa shape index (κ3) is 2.58. The summed E-state index contributed by atoms with van der Waals surface area (Å²) in [7, 11) is 0. The average molecular weight is 196 g/mol. The Balaban J connectivity index is 2.90. The molecule has 1 N–H and O–H groups in total. The van der Waals surface area contributed by atoms with E-state index >= 15 is 0 Å². The van der Waals surface area contributed by atoms with Crippen LogP contribution < -0.4 is 5.32 Å². The molecule has 0 bridgehead atoms. The predicted molar refractivity (Wildman–Crippen MR) is 58.1 cm³/mol. The lowest BCUT2D eigenvalue weighted by Gasteiger charge is -2.14. The molecule has 2 heteroatoms. The summed E-state index contributed by atoms with van der Waals surface area (Å²) in [5, 5.41) is 4.07. The van der Waals surface area contributed by atoms with Crippen molar-refractivity contribution in [2.45, 2.75) is 13.0 Å². The summed E-state index contributed by atoms with van der Waals surface area (Å²) in [6.07, 6.45) is 1.87. The van der Waals surface area contributed by atoms with Crippen LogP contribution in [0.1, 0.15) is 18.5 Å². The Morgan fingerprint density at radius 2 is 2.23 bits per heavy atom. The predicted octanol–water partition coefficient (Wildman–Crippen LogP) is 3.18. The molecule has 1 rings (SSSR count). The molecule has 0 spiro atoms. The van der Waals surface area contributed by atoms with Crippen molar-refractivity contribution in [3.05, 3.63) is 47.5 Å². The zero-order valence-corrected chi connectivity index (χ0v) is 8.51. The van der Waals surface area contributed by atoms with E-state index in [0.717, 1.165) is 17.1 Å². The number of likely N-dealkylation sites (N-methyl/N-ethyl adjacent to an activating group) is 1. The summed E-state index contributed by atoms with van der Waals surface area (Å²) in [5.41, 5.74) is 1.08. The van der Waals surface area contributed by atoms with Crippen molar-refractivity contribution in [1.82, 2.24) is 5.32 Å². The highest BCUT2D eigenvalue weighted by Crippen LogP contribution is 2.22. The lowest BCUT2D eigenvalue weighted by molar-refractivity contribution is 0.649. The Kier molecular flexibility index (Phi) is 4.00. The maximum absolute atomic E-state index is 6.05. The molecule has 0 radical (unpaired) electrons. The van der Waals surface area contributed by atoms with Gasteiger partial charge in [0.15, 0.2) is 0 Å². The summed E-state index contributed by atoms with van der Waals surface area (Å²) >= 11 is 6.05. The molecule has 0 heterocycles. The van der Waals surface area contributed by atoms with Crippen LogP contribution in [0.25, 0.3) is 0 Å². The van der Waals surface area contributed by atoms with E-state index in [0.29, 0.717) is 0 Å². The van der Waals surface area contributed by atoms with Crippen LogP contribution in [-0.4, -0.2) is 6.54 Å². The third-order valence-corrected chi connectivity index (χ3v) is 2.24. The second kappa shape index (κ2) is 5.05. The number of nitrogens with one attached hydrogen (secondary N) is 1.